The lowest BCUT2D eigenvalue weighted by Crippen LogP contribution is -2.11. The van der Waals surface area contributed by atoms with Crippen LogP contribution in [0, 0.1) is 0 Å². The van der Waals surface area contributed by atoms with Crippen LogP contribution in [0.25, 0.3) is 5.57 Å². The summed E-state index contributed by atoms with van der Waals surface area (Å²) in [6, 6.07) is 10.5. The first-order chi connectivity index (χ1) is 11.6. The van der Waals surface area contributed by atoms with Crippen molar-refractivity contribution in [3.05, 3.63) is 63.3 Å². The van der Waals surface area contributed by atoms with Gasteiger partial charge in [0.05, 0.1) is 17.5 Å². The first-order valence-corrected chi connectivity index (χ1v) is 7.86. The summed E-state index contributed by atoms with van der Waals surface area (Å²) in [6.07, 6.45) is 1.24. The molecule has 24 heavy (non-hydrogen) atoms. The molecule has 0 aliphatic carbocycles. The van der Waals surface area contributed by atoms with E-state index in [9.17, 15) is 9.59 Å². The van der Waals surface area contributed by atoms with Crippen LogP contribution >= 0.6 is 15.9 Å². The van der Waals surface area contributed by atoms with E-state index in [0.29, 0.717) is 33.6 Å². The van der Waals surface area contributed by atoms with Gasteiger partial charge in [-0.25, -0.2) is 0 Å². The molecule has 0 aromatic heterocycles. The van der Waals surface area contributed by atoms with Crippen molar-refractivity contribution in [2.24, 2.45) is 5.16 Å². The fraction of sp³-hybridized carbons (Fsp3) is 0. The second-order valence-corrected chi connectivity index (χ2v) is 6.31. The summed E-state index contributed by atoms with van der Waals surface area (Å²) in [5.74, 6) is -0.581. The Morgan fingerprint density at radius 3 is 2.62 bits per heavy atom. The standard InChI is InChI=1S/C17H10BrN3O3/c18-9-2-3-10-13(6-9)21-17(23)14(10)15-16(22)11-5-8(7-19-24)1-4-12(11)20-15/h1-7,20,24H,(H,21,23)/b15-14-,19-7+. The molecule has 2 aromatic rings. The highest BCUT2D eigenvalue weighted by Crippen LogP contribution is 2.39. The van der Waals surface area contributed by atoms with Gasteiger partial charge in [0.25, 0.3) is 5.91 Å². The molecular weight excluding hydrogens is 374 g/mol. The van der Waals surface area contributed by atoms with E-state index in [2.05, 4.69) is 31.7 Å². The zero-order valence-corrected chi connectivity index (χ0v) is 13.7. The van der Waals surface area contributed by atoms with E-state index in [1.165, 1.54) is 6.21 Å². The molecule has 0 atom stereocenters. The fourth-order valence-corrected chi connectivity index (χ4v) is 3.26. The number of benzene rings is 2. The minimum Gasteiger partial charge on any atom is -0.411 e. The highest BCUT2D eigenvalue weighted by atomic mass is 79.9. The number of rotatable bonds is 1. The topological polar surface area (TPSA) is 90.8 Å². The van der Waals surface area contributed by atoms with E-state index in [4.69, 9.17) is 5.21 Å². The Bertz CT molecular complexity index is 979. The van der Waals surface area contributed by atoms with E-state index in [1.807, 2.05) is 6.07 Å². The number of fused-ring (bicyclic) bond motifs is 2. The van der Waals surface area contributed by atoms with Gasteiger partial charge in [-0.05, 0) is 29.8 Å². The van der Waals surface area contributed by atoms with Crippen molar-refractivity contribution in [3.8, 4) is 0 Å². The summed E-state index contributed by atoms with van der Waals surface area (Å²) in [5, 5.41) is 17.4. The minimum absolute atomic E-state index is 0.252. The lowest BCUT2D eigenvalue weighted by atomic mass is 10.0. The highest BCUT2D eigenvalue weighted by Gasteiger charge is 2.35. The average molecular weight is 384 g/mol. The maximum atomic E-state index is 12.7. The maximum absolute atomic E-state index is 12.7. The van der Waals surface area contributed by atoms with E-state index >= 15 is 0 Å². The van der Waals surface area contributed by atoms with Crippen LogP contribution in [-0.2, 0) is 4.79 Å². The Labute approximate surface area is 145 Å². The Morgan fingerprint density at radius 2 is 1.83 bits per heavy atom. The lowest BCUT2D eigenvalue weighted by molar-refractivity contribution is -0.110. The minimum atomic E-state index is -0.316. The van der Waals surface area contributed by atoms with Crippen LogP contribution < -0.4 is 10.6 Å². The number of hydrogen-bond donors (Lipinski definition) is 3. The molecule has 6 nitrogen and oxygen atoms in total. The van der Waals surface area contributed by atoms with E-state index in [0.717, 1.165) is 4.47 Å². The van der Waals surface area contributed by atoms with Crippen molar-refractivity contribution in [2.45, 2.75) is 0 Å². The smallest absolute Gasteiger partial charge is 0.258 e. The number of carbonyl (C=O) groups is 2. The molecule has 3 N–H and O–H groups in total. The van der Waals surface area contributed by atoms with Gasteiger partial charge in [-0.2, -0.15) is 0 Å². The number of halogens is 1. The molecule has 0 saturated heterocycles. The Morgan fingerprint density at radius 1 is 1.00 bits per heavy atom. The number of hydrogen-bond acceptors (Lipinski definition) is 5. The van der Waals surface area contributed by atoms with Crippen molar-refractivity contribution < 1.29 is 14.8 Å². The summed E-state index contributed by atoms with van der Waals surface area (Å²) in [6.45, 7) is 0. The van der Waals surface area contributed by atoms with Gasteiger partial charge in [-0.3, -0.25) is 9.59 Å². The van der Waals surface area contributed by atoms with E-state index in [-0.39, 0.29) is 17.4 Å². The normalized spacial score (nSPS) is 18.5. The average Bonchev–Trinajstić information content (AvgIpc) is 3.04. The van der Waals surface area contributed by atoms with Gasteiger partial charge in [0.1, 0.15) is 5.70 Å². The largest absolute Gasteiger partial charge is 0.411 e. The van der Waals surface area contributed by atoms with Crippen molar-refractivity contribution in [2.75, 3.05) is 10.6 Å². The van der Waals surface area contributed by atoms with E-state index < -0.39 is 0 Å². The fourth-order valence-electron chi connectivity index (χ4n) is 2.90. The molecule has 2 aliphatic rings. The van der Waals surface area contributed by atoms with Crippen molar-refractivity contribution in [3.63, 3.8) is 0 Å². The Balaban J connectivity index is 1.85. The molecule has 118 valence electrons. The number of amides is 1. The molecular formula is C17H10BrN3O3. The first-order valence-electron chi connectivity index (χ1n) is 7.07. The predicted molar refractivity (Wildman–Crippen MR) is 93.5 cm³/mol. The molecule has 0 fully saturated rings. The molecule has 0 unspecified atom stereocenters. The quantitative estimate of drug-likeness (QED) is 0.305. The summed E-state index contributed by atoms with van der Waals surface area (Å²) < 4.78 is 0.842. The van der Waals surface area contributed by atoms with Gasteiger partial charge in [-0.1, -0.05) is 33.2 Å². The SMILES string of the molecule is O=C1Nc2cc(Br)ccc2/C1=C1/Nc2ccc(/C=N/O)cc2C1=O. The van der Waals surface area contributed by atoms with Gasteiger partial charge < -0.3 is 15.8 Å². The highest BCUT2D eigenvalue weighted by molar-refractivity contribution is 9.10. The molecule has 4 rings (SSSR count). The summed E-state index contributed by atoms with van der Waals surface area (Å²) in [5.41, 5.74) is 3.58. The molecule has 1 amide bonds. The second-order valence-electron chi connectivity index (χ2n) is 5.40. The predicted octanol–water partition coefficient (Wildman–Crippen LogP) is 3.23. The Hall–Kier alpha value is -2.93. The van der Waals surface area contributed by atoms with Gasteiger partial charge in [0, 0.05) is 21.3 Å². The summed E-state index contributed by atoms with van der Waals surface area (Å²) in [7, 11) is 0. The van der Waals surface area contributed by atoms with Crippen LogP contribution in [0.2, 0.25) is 0 Å². The zero-order chi connectivity index (χ0) is 16.8. The third kappa shape index (κ3) is 2.13. The van der Waals surface area contributed by atoms with Gasteiger partial charge in [0.15, 0.2) is 0 Å². The van der Waals surface area contributed by atoms with Crippen LogP contribution in [0.4, 0.5) is 11.4 Å². The van der Waals surface area contributed by atoms with Crippen LogP contribution in [0.1, 0.15) is 21.5 Å². The molecule has 0 radical (unpaired) electrons. The van der Waals surface area contributed by atoms with Crippen molar-refractivity contribution in [1.29, 1.82) is 0 Å². The van der Waals surface area contributed by atoms with E-state index in [1.54, 1.807) is 30.3 Å². The monoisotopic (exact) mass is 383 g/mol. The third-order valence-electron chi connectivity index (χ3n) is 3.96. The molecule has 0 spiro atoms. The van der Waals surface area contributed by atoms with Gasteiger partial charge in [-0.15, -0.1) is 0 Å². The Kier molecular flexibility index (Phi) is 3.24. The summed E-state index contributed by atoms with van der Waals surface area (Å²) >= 11 is 3.36. The van der Waals surface area contributed by atoms with Gasteiger partial charge in [0.2, 0.25) is 5.78 Å². The molecule has 2 aromatic carbocycles. The molecule has 0 saturated carbocycles. The van der Waals surface area contributed by atoms with Crippen molar-refractivity contribution in [1.82, 2.24) is 0 Å². The number of nitrogens with one attached hydrogen (secondary N) is 2. The third-order valence-corrected chi connectivity index (χ3v) is 4.45. The lowest BCUT2D eigenvalue weighted by Gasteiger charge is -2.03. The summed E-state index contributed by atoms with van der Waals surface area (Å²) in [4.78, 5) is 25.1. The molecule has 2 heterocycles. The second kappa shape index (κ2) is 5.31. The number of ketones is 1. The zero-order valence-electron chi connectivity index (χ0n) is 12.1. The van der Waals surface area contributed by atoms with Crippen LogP contribution in [-0.4, -0.2) is 23.1 Å². The molecule has 7 heteroatoms. The number of allylic oxidation sites excluding steroid dienone is 1. The number of nitrogens with zero attached hydrogens (tertiary/aromatic N) is 1. The number of Topliss-reactive ketones (excluding diaryl/α,β-unsaturated/α-hetero) is 1. The maximum Gasteiger partial charge on any atom is 0.258 e. The number of oxime groups is 1. The van der Waals surface area contributed by atoms with Crippen molar-refractivity contribution >= 4 is 50.8 Å². The van der Waals surface area contributed by atoms with Crippen LogP contribution in [0.15, 0.2) is 51.7 Å². The van der Waals surface area contributed by atoms with Crippen LogP contribution in [0.3, 0.4) is 0 Å². The molecule has 2 aliphatic heterocycles. The van der Waals surface area contributed by atoms with Gasteiger partial charge >= 0.3 is 0 Å². The number of anilines is 2. The first kappa shape index (κ1) is 14.6. The van der Waals surface area contributed by atoms with Crippen LogP contribution in [0.5, 0.6) is 0 Å². The molecule has 0 bridgehead atoms. The number of carbonyl (C=O) groups excluding carboxylic acids is 2.